The molecule has 3 nitrogen and oxygen atoms in total. The Morgan fingerprint density at radius 3 is 2.70 bits per heavy atom. The lowest BCUT2D eigenvalue weighted by Crippen LogP contribution is -2.27. The number of benzene rings is 2. The van der Waals surface area contributed by atoms with Gasteiger partial charge in [-0.25, -0.2) is 4.39 Å². The molecule has 1 aliphatic rings. The molecule has 0 atom stereocenters. The Morgan fingerprint density at radius 1 is 1.26 bits per heavy atom. The van der Waals surface area contributed by atoms with Gasteiger partial charge in [-0.2, -0.15) is 0 Å². The maximum atomic E-state index is 13.9. The van der Waals surface area contributed by atoms with E-state index in [0.29, 0.717) is 17.2 Å². The van der Waals surface area contributed by atoms with Crippen LogP contribution in [-0.2, 0) is 4.74 Å². The Hall–Kier alpha value is -2.20. The van der Waals surface area contributed by atoms with Crippen molar-refractivity contribution in [3.05, 3.63) is 65.0 Å². The Bertz CT molecular complexity index is 671. The van der Waals surface area contributed by atoms with Crippen LogP contribution in [-0.4, -0.2) is 25.0 Å². The van der Waals surface area contributed by atoms with Crippen LogP contribution in [0.25, 0.3) is 0 Å². The van der Waals surface area contributed by atoms with Crippen molar-refractivity contribution in [3.63, 3.8) is 0 Å². The first kappa shape index (κ1) is 15.7. The minimum atomic E-state index is -0.493. The van der Waals surface area contributed by atoms with Gasteiger partial charge >= 0.3 is 0 Å². The monoisotopic (exact) mass is 312 g/mol. The summed E-state index contributed by atoms with van der Waals surface area (Å²) in [5.74, 6) is -0.828. The standard InChI is InChI=1S/C19H19FNO2/c1-13-3-2-4-17(20)18(13)19(22)14-5-7-15(8-6-14)21-16-9-11-23-12-10-16/h2-5,7-8,16,21H,9-12H2,1H3. The molecule has 1 radical (unpaired) electrons. The Morgan fingerprint density at radius 2 is 2.04 bits per heavy atom. The predicted molar refractivity (Wildman–Crippen MR) is 87.3 cm³/mol. The third kappa shape index (κ3) is 3.59. The van der Waals surface area contributed by atoms with Crippen molar-refractivity contribution in [2.45, 2.75) is 25.8 Å². The molecule has 2 aromatic rings. The number of halogens is 1. The summed E-state index contributed by atoms with van der Waals surface area (Å²) in [7, 11) is 0. The van der Waals surface area contributed by atoms with Crippen molar-refractivity contribution in [1.29, 1.82) is 0 Å². The molecule has 0 bridgehead atoms. The van der Waals surface area contributed by atoms with Crippen molar-refractivity contribution >= 4 is 11.5 Å². The second-order valence-electron chi connectivity index (χ2n) is 5.78. The summed E-state index contributed by atoms with van der Waals surface area (Å²) >= 11 is 0. The van der Waals surface area contributed by atoms with Gasteiger partial charge in [-0.05, 0) is 55.7 Å². The fraction of sp³-hybridized carbons (Fsp3) is 0.316. The quantitative estimate of drug-likeness (QED) is 0.874. The molecule has 0 aromatic heterocycles. The predicted octanol–water partition coefficient (Wildman–Crippen LogP) is 3.76. The van der Waals surface area contributed by atoms with Crippen molar-refractivity contribution in [2.75, 3.05) is 18.5 Å². The Kier molecular flexibility index (Phi) is 4.72. The number of rotatable bonds is 4. The molecule has 0 spiro atoms. The molecule has 4 heteroatoms. The molecule has 1 saturated heterocycles. The molecule has 1 fully saturated rings. The number of nitrogens with one attached hydrogen (secondary N) is 1. The summed E-state index contributed by atoms with van der Waals surface area (Å²) in [6, 6.07) is 13.3. The third-order valence-corrected chi connectivity index (χ3v) is 4.10. The first-order valence-electron chi connectivity index (χ1n) is 7.81. The van der Waals surface area contributed by atoms with Crippen molar-refractivity contribution in [2.24, 2.45) is 0 Å². The van der Waals surface area contributed by atoms with Crippen molar-refractivity contribution in [3.8, 4) is 0 Å². The van der Waals surface area contributed by atoms with E-state index < -0.39 is 5.82 Å². The highest BCUT2D eigenvalue weighted by Gasteiger charge is 2.17. The number of anilines is 1. The van der Waals surface area contributed by atoms with Gasteiger partial charge in [-0.1, -0.05) is 12.1 Å². The average molecular weight is 312 g/mol. The van der Waals surface area contributed by atoms with Gasteiger partial charge in [0.25, 0.3) is 0 Å². The van der Waals surface area contributed by atoms with Gasteiger partial charge in [-0.3, -0.25) is 4.79 Å². The third-order valence-electron chi connectivity index (χ3n) is 4.10. The van der Waals surface area contributed by atoms with E-state index in [1.165, 1.54) is 6.07 Å². The number of ketones is 1. The molecule has 0 aliphatic carbocycles. The summed E-state index contributed by atoms with van der Waals surface area (Å²) in [4.78, 5) is 12.5. The topological polar surface area (TPSA) is 38.3 Å². The van der Waals surface area contributed by atoms with Gasteiger partial charge in [0.1, 0.15) is 5.82 Å². The first-order chi connectivity index (χ1) is 11.1. The Balaban J connectivity index is 1.75. The van der Waals surface area contributed by atoms with E-state index in [1.807, 2.05) is 6.07 Å². The number of carbonyl (C=O) groups is 1. The second kappa shape index (κ2) is 6.92. The number of aryl methyl sites for hydroxylation is 1. The molecule has 1 N–H and O–H groups in total. The zero-order valence-corrected chi connectivity index (χ0v) is 13.1. The number of ether oxygens (including phenoxy) is 1. The molecule has 119 valence electrons. The first-order valence-corrected chi connectivity index (χ1v) is 7.81. The Labute approximate surface area is 135 Å². The molecule has 23 heavy (non-hydrogen) atoms. The molecule has 0 saturated carbocycles. The van der Waals surface area contributed by atoms with Gasteiger partial charge in [0, 0.05) is 30.5 Å². The summed E-state index contributed by atoms with van der Waals surface area (Å²) in [6.07, 6.45) is 1.93. The number of carbonyl (C=O) groups excluding carboxylic acids is 1. The van der Waals surface area contributed by atoms with E-state index in [9.17, 15) is 9.18 Å². The summed E-state index contributed by atoms with van der Waals surface area (Å²) in [5, 5.41) is 3.41. The molecular weight excluding hydrogens is 293 g/mol. The fourth-order valence-corrected chi connectivity index (χ4v) is 2.79. The second-order valence-corrected chi connectivity index (χ2v) is 5.78. The lowest BCUT2D eigenvalue weighted by atomic mass is 9.98. The van der Waals surface area contributed by atoms with Gasteiger partial charge in [-0.15, -0.1) is 0 Å². The van der Waals surface area contributed by atoms with Gasteiger partial charge < -0.3 is 10.1 Å². The van der Waals surface area contributed by atoms with E-state index in [0.717, 1.165) is 31.7 Å². The lowest BCUT2D eigenvalue weighted by Gasteiger charge is -2.24. The smallest absolute Gasteiger partial charge is 0.196 e. The summed E-state index contributed by atoms with van der Waals surface area (Å²) < 4.78 is 19.2. The van der Waals surface area contributed by atoms with Crippen LogP contribution in [0.1, 0.15) is 34.3 Å². The van der Waals surface area contributed by atoms with Crippen LogP contribution in [0.5, 0.6) is 0 Å². The van der Waals surface area contributed by atoms with E-state index in [1.54, 1.807) is 31.2 Å². The normalized spacial score (nSPS) is 15.4. The molecular formula is C19H19FNO2. The zero-order valence-electron chi connectivity index (χ0n) is 13.1. The SMILES string of the molecule is Cc1cccc(F)c1C(=O)c1[c]cc(NC2CCOCC2)cc1. The van der Waals surface area contributed by atoms with Crippen LogP contribution in [0.2, 0.25) is 0 Å². The largest absolute Gasteiger partial charge is 0.382 e. The molecule has 1 heterocycles. The van der Waals surface area contributed by atoms with Crippen molar-refractivity contribution in [1.82, 2.24) is 0 Å². The van der Waals surface area contributed by atoms with Gasteiger partial charge in [0.05, 0.1) is 5.56 Å². The van der Waals surface area contributed by atoms with Crippen LogP contribution in [0, 0.1) is 18.8 Å². The van der Waals surface area contributed by atoms with E-state index >= 15 is 0 Å². The molecule has 0 unspecified atom stereocenters. The van der Waals surface area contributed by atoms with Crippen LogP contribution in [0.15, 0.2) is 36.4 Å². The molecule has 2 aromatic carbocycles. The van der Waals surface area contributed by atoms with Gasteiger partial charge in [0.15, 0.2) is 5.78 Å². The van der Waals surface area contributed by atoms with E-state index in [2.05, 4.69) is 11.4 Å². The lowest BCUT2D eigenvalue weighted by molar-refractivity contribution is 0.0904. The fourth-order valence-electron chi connectivity index (χ4n) is 2.79. The highest BCUT2D eigenvalue weighted by molar-refractivity contribution is 6.10. The van der Waals surface area contributed by atoms with E-state index in [-0.39, 0.29) is 11.3 Å². The maximum Gasteiger partial charge on any atom is 0.196 e. The van der Waals surface area contributed by atoms with Crippen molar-refractivity contribution < 1.29 is 13.9 Å². The summed E-state index contributed by atoms with van der Waals surface area (Å²) in [5.41, 5.74) is 2.04. The maximum absolute atomic E-state index is 13.9. The minimum Gasteiger partial charge on any atom is -0.382 e. The average Bonchev–Trinajstić information content (AvgIpc) is 2.56. The summed E-state index contributed by atoms with van der Waals surface area (Å²) in [6.45, 7) is 3.27. The van der Waals surface area contributed by atoms with Crippen LogP contribution in [0.4, 0.5) is 10.1 Å². The van der Waals surface area contributed by atoms with Crippen LogP contribution in [0.3, 0.4) is 0 Å². The molecule has 1 aliphatic heterocycles. The highest BCUT2D eigenvalue weighted by Crippen LogP contribution is 2.20. The molecule has 0 amide bonds. The zero-order chi connectivity index (χ0) is 16.2. The number of hydrogen-bond donors (Lipinski definition) is 1. The minimum absolute atomic E-state index is 0.119. The number of hydrogen-bond acceptors (Lipinski definition) is 3. The van der Waals surface area contributed by atoms with Crippen LogP contribution >= 0.6 is 0 Å². The molecule has 3 rings (SSSR count). The van der Waals surface area contributed by atoms with Crippen LogP contribution < -0.4 is 5.32 Å². The van der Waals surface area contributed by atoms with E-state index in [4.69, 9.17) is 4.74 Å². The highest BCUT2D eigenvalue weighted by atomic mass is 19.1. The van der Waals surface area contributed by atoms with Gasteiger partial charge in [0.2, 0.25) is 0 Å².